The Kier molecular flexibility index (Phi) is 4.69. The van der Waals surface area contributed by atoms with Gasteiger partial charge in [0.25, 0.3) is 0 Å². The summed E-state index contributed by atoms with van der Waals surface area (Å²) in [5.41, 5.74) is 3.25. The summed E-state index contributed by atoms with van der Waals surface area (Å²) in [6.45, 7) is 8.55. The van der Waals surface area contributed by atoms with Gasteiger partial charge in [0, 0.05) is 11.0 Å². The van der Waals surface area contributed by atoms with E-state index in [9.17, 15) is 0 Å². The maximum Gasteiger partial charge on any atom is 0.161 e. The Balaban J connectivity index is 2.54. The van der Waals surface area contributed by atoms with E-state index in [0.29, 0.717) is 11.0 Å². The Hall–Kier alpha value is -0.680. The standard InChI is InChI=1S/C16H18ClIN2/c1-5-10-6-8-11(9-7-10)15-19-13(16(2,3)4)12(18)14(17)20-15/h6-9H,5H2,1-4H3. The zero-order chi connectivity index (χ0) is 14.9. The molecule has 0 bridgehead atoms. The zero-order valence-electron chi connectivity index (χ0n) is 12.2. The average molecular weight is 401 g/mol. The lowest BCUT2D eigenvalue weighted by Gasteiger charge is -2.20. The highest BCUT2D eigenvalue weighted by Crippen LogP contribution is 2.31. The third-order valence-electron chi connectivity index (χ3n) is 3.14. The molecule has 2 rings (SSSR count). The summed E-state index contributed by atoms with van der Waals surface area (Å²) in [5, 5.41) is 0.528. The smallest absolute Gasteiger partial charge is 0.161 e. The number of aryl methyl sites for hydroxylation is 1. The normalized spacial score (nSPS) is 11.7. The topological polar surface area (TPSA) is 25.8 Å². The fourth-order valence-electron chi connectivity index (χ4n) is 1.94. The van der Waals surface area contributed by atoms with Crippen LogP contribution in [0.2, 0.25) is 5.15 Å². The molecule has 0 aliphatic heterocycles. The van der Waals surface area contributed by atoms with Gasteiger partial charge in [-0.3, -0.25) is 0 Å². The van der Waals surface area contributed by atoms with E-state index >= 15 is 0 Å². The number of rotatable bonds is 2. The molecule has 1 aromatic carbocycles. The molecule has 2 nitrogen and oxygen atoms in total. The fourth-order valence-corrected chi connectivity index (χ4v) is 3.16. The van der Waals surface area contributed by atoms with Crippen molar-refractivity contribution in [2.24, 2.45) is 0 Å². The highest BCUT2D eigenvalue weighted by molar-refractivity contribution is 14.1. The molecule has 0 atom stereocenters. The van der Waals surface area contributed by atoms with Gasteiger partial charge in [0.15, 0.2) is 5.82 Å². The summed E-state index contributed by atoms with van der Waals surface area (Å²) in [4.78, 5) is 9.15. The van der Waals surface area contributed by atoms with Gasteiger partial charge < -0.3 is 0 Å². The Morgan fingerprint density at radius 1 is 1.10 bits per heavy atom. The summed E-state index contributed by atoms with van der Waals surface area (Å²) in [6.07, 6.45) is 1.03. The van der Waals surface area contributed by atoms with Crippen LogP contribution < -0.4 is 0 Å². The van der Waals surface area contributed by atoms with Crippen molar-refractivity contribution in [3.63, 3.8) is 0 Å². The molecule has 1 heterocycles. The van der Waals surface area contributed by atoms with Crippen molar-refractivity contribution in [1.29, 1.82) is 0 Å². The summed E-state index contributed by atoms with van der Waals surface area (Å²) >= 11 is 8.50. The molecule has 0 fully saturated rings. The second-order valence-electron chi connectivity index (χ2n) is 5.80. The minimum atomic E-state index is -0.0544. The van der Waals surface area contributed by atoms with Crippen LogP contribution in [0.25, 0.3) is 11.4 Å². The largest absolute Gasteiger partial charge is 0.231 e. The number of aromatic nitrogens is 2. The minimum absolute atomic E-state index is 0.0544. The van der Waals surface area contributed by atoms with E-state index in [-0.39, 0.29) is 5.41 Å². The Morgan fingerprint density at radius 2 is 1.70 bits per heavy atom. The van der Waals surface area contributed by atoms with Gasteiger partial charge >= 0.3 is 0 Å². The molecule has 0 aliphatic rings. The van der Waals surface area contributed by atoms with E-state index in [1.54, 1.807) is 0 Å². The van der Waals surface area contributed by atoms with E-state index in [2.05, 4.69) is 79.5 Å². The molecule has 4 heteroatoms. The summed E-state index contributed by atoms with van der Waals surface area (Å²) in [7, 11) is 0. The van der Waals surface area contributed by atoms with Gasteiger partial charge in [-0.15, -0.1) is 0 Å². The molecule has 0 amide bonds. The summed E-state index contributed by atoms with van der Waals surface area (Å²) in [5.74, 6) is 0.697. The van der Waals surface area contributed by atoms with Crippen molar-refractivity contribution in [2.75, 3.05) is 0 Å². The number of halogens is 2. The first-order valence-corrected chi connectivity index (χ1v) is 8.11. The molecule has 0 saturated heterocycles. The SMILES string of the molecule is CCc1ccc(-c2nc(Cl)c(I)c(C(C)(C)C)n2)cc1. The van der Waals surface area contributed by atoms with Gasteiger partial charge in [-0.25, -0.2) is 9.97 Å². The van der Waals surface area contributed by atoms with Crippen LogP contribution >= 0.6 is 34.2 Å². The van der Waals surface area contributed by atoms with Crippen LogP contribution in [0.1, 0.15) is 39.0 Å². The molecule has 0 radical (unpaired) electrons. The molecule has 0 N–H and O–H groups in total. The third kappa shape index (κ3) is 3.31. The van der Waals surface area contributed by atoms with E-state index in [0.717, 1.165) is 21.2 Å². The van der Waals surface area contributed by atoms with Crippen molar-refractivity contribution < 1.29 is 0 Å². The minimum Gasteiger partial charge on any atom is -0.231 e. The Morgan fingerprint density at radius 3 is 2.20 bits per heavy atom. The van der Waals surface area contributed by atoms with Gasteiger partial charge in [0.1, 0.15) is 5.15 Å². The molecule has 0 unspecified atom stereocenters. The number of hydrogen-bond donors (Lipinski definition) is 0. The lowest BCUT2D eigenvalue weighted by molar-refractivity contribution is 0.563. The van der Waals surface area contributed by atoms with Crippen LogP contribution in [0.3, 0.4) is 0 Å². The first-order chi connectivity index (χ1) is 9.32. The number of hydrogen-bond acceptors (Lipinski definition) is 2. The van der Waals surface area contributed by atoms with Crippen molar-refractivity contribution in [3.05, 3.63) is 44.2 Å². The lowest BCUT2D eigenvalue weighted by Crippen LogP contribution is -2.17. The number of nitrogens with zero attached hydrogens (tertiary/aromatic N) is 2. The van der Waals surface area contributed by atoms with Crippen LogP contribution in [0, 0.1) is 3.57 Å². The van der Waals surface area contributed by atoms with Gasteiger partial charge in [-0.05, 0) is 34.6 Å². The van der Waals surface area contributed by atoms with Crippen LogP contribution in [0.4, 0.5) is 0 Å². The molecular weight excluding hydrogens is 383 g/mol. The predicted molar refractivity (Wildman–Crippen MR) is 93.3 cm³/mol. The molecule has 106 valence electrons. The summed E-state index contributed by atoms with van der Waals surface area (Å²) in [6, 6.07) is 8.34. The third-order valence-corrected chi connectivity index (χ3v) is 4.76. The molecule has 1 aromatic heterocycles. The average Bonchev–Trinajstić information content (AvgIpc) is 2.40. The van der Waals surface area contributed by atoms with Crippen molar-refractivity contribution in [2.45, 2.75) is 39.5 Å². The van der Waals surface area contributed by atoms with Gasteiger partial charge in [0.2, 0.25) is 0 Å². The maximum atomic E-state index is 6.27. The molecule has 2 aromatic rings. The Bertz CT molecular complexity index is 616. The second-order valence-corrected chi connectivity index (χ2v) is 7.24. The molecule has 0 aliphatic carbocycles. The molecule has 0 spiro atoms. The van der Waals surface area contributed by atoms with E-state index < -0.39 is 0 Å². The number of benzene rings is 1. The molecule has 0 saturated carbocycles. The van der Waals surface area contributed by atoms with Crippen LogP contribution in [-0.4, -0.2) is 9.97 Å². The van der Waals surface area contributed by atoms with E-state index in [1.165, 1.54) is 5.56 Å². The highest BCUT2D eigenvalue weighted by Gasteiger charge is 2.22. The van der Waals surface area contributed by atoms with Crippen molar-refractivity contribution in [1.82, 2.24) is 9.97 Å². The van der Waals surface area contributed by atoms with Gasteiger partial charge in [-0.2, -0.15) is 0 Å². The van der Waals surface area contributed by atoms with Crippen LogP contribution in [0.15, 0.2) is 24.3 Å². The first kappa shape index (κ1) is 15.7. The monoisotopic (exact) mass is 400 g/mol. The summed E-state index contributed by atoms with van der Waals surface area (Å²) < 4.78 is 0.936. The zero-order valence-corrected chi connectivity index (χ0v) is 15.1. The highest BCUT2D eigenvalue weighted by atomic mass is 127. The predicted octanol–water partition coefficient (Wildman–Crippen LogP) is 5.26. The first-order valence-electron chi connectivity index (χ1n) is 6.65. The molecular formula is C16H18ClIN2. The molecule has 20 heavy (non-hydrogen) atoms. The van der Waals surface area contributed by atoms with Gasteiger partial charge in [-0.1, -0.05) is 63.6 Å². The maximum absolute atomic E-state index is 6.27. The van der Waals surface area contributed by atoms with E-state index in [1.807, 2.05) is 0 Å². The van der Waals surface area contributed by atoms with Gasteiger partial charge in [0.05, 0.1) is 9.26 Å². The second kappa shape index (κ2) is 5.98. The van der Waals surface area contributed by atoms with Crippen molar-refractivity contribution >= 4 is 34.2 Å². The quantitative estimate of drug-likeness (QED) is 0.507. The lowest BCUT2D eigenvalue weighted by atomic mass is 9.92. The van der Waals surface area contributed by atoms with Crippen LogP contribution in [0.5, 0.6) is 0 Å². The van der Waals surface area contributed by atoms with Crippen molar-refractivity contribution in [3.8, 4) is 11.4 Å². The fraction of sp³-hybridized carbons (Fsp3) is 0.375. The Labute approximate surface area is 139 Å². The van der Waals surface area contributed by atoms with Crippen LogP contribution in [-0.2, 0) is 11.8 Å². The van der Waals surface area contributed by atoms with E-state index in [4.69, 9.17) is 16.6 Å².